The van der Waals surface area contributed by atoms with E-state index in [4.69, 9.17) is 9.76 Å². The molecule has 0 bridgehead atoms. The van der Waals surface area contributed by atoms with Crippen LogP contribution in [-0.2, 0) is 20.7 Å². The first-order valence-corrected chi connectivity index (χ1v) is 7.79. The Hall–Kier alpha value is -1.38. The van der Waals surface area contributed by atoms with Gasteiger partial charge in [0, 0.05) is 4.88 Å². The summed E-state index contributed by atoms with van der Waals surface area (Å²) in [6.45, 7) is 0. The summed E-state index contributed by atoms with van der Waals surface area (Å²) < 4.78 is 5.33. The minimum Gasteiger partial charge on any atom is -0.481 e. The Bertz CT molecular complexity index is 481. The molecule has 0 aromatic carbocycles. The average Bonchev–Trinajstić information content (AvgIpc) is 2.83. The van der Waals surface area contributed by atoms with Crippen LogP contribution in [0.1, 0.15) is 30.6 Å². The minimum atomic E-state index is -1.16. The third-order valence-corrected chi connectivity index (χ3v) is 4.26. The summed E-state index contributed by atoms with van der Waals surface area (Å²) >= 11 is 1.51. The van der Waals surface area contributed by atoms with Crippen molar-refractivity contribution in [2.24, 2.45) is 0 Å². The highest BCUT2D eigenvalue weighted by Gasteiger charge is 2.34. The van der Waals surface area contributed by atoms with Gasteiger partial charge in [0.15, 0.2) is 0 Å². The van der Waals surface area contributed by atoms with Gasteiger partial charge in [-0.2, -0.15) is 0 Å². The second-order valence-corrected chi connectivity index (χ2v) is 6.14. The summed E-state index contributed by atoms with van der Waals surface area (Å²) in [6.07, 6.45) is 1.50. The highest BCUT2D eigenvalue weighted by Crippen LogP contribution is 2.18. The van der Waals surface area contributed by atoms with Gasteiger partial charge in [-0.15, -0.1) is 11.3 Å². The number of aliphatic carboxylic acids is 1. The maximum absolute atomic E-state index is 11.9. The number of amides is 1. The smallest absolute Gasteiger partial charge is 0.478 e. The van der Waals surface area contributed by atoms with Crippen LogP contribution in [0.15, 0.2) is 17.5 Å². The summed E-state index contributed by atoms with van der Waals surface area (Å²) in [6, 6.07) is 3.76. The van der Waals surface area contributed by atoms with Gasteiger partial charge in [0.1, 0.15) is 0 Å². The lowest BCUT2D eigenvalue weighted by molar-refractivity contribution is -0.139. The first-order valence-electron chi connectivity index (χ1n) is 6.91. The Kier molecular flexibility index (Phi) is 5.78. The molecule has 2 heterocycles. The van der Waals surface area contributed by atoms with E-state index >= 15 is 0 Å². The Morgan fingerprint density at radius 3 is 2.95 bits per heavy atom. The van der Waals surface area contributed by atoms with E-state index in [1.165, 1.54) is 11.3 Å². The lowest BCUT2D eigenvalue weighted by atomic mass is 9.76. The molecular weight excluding hydrogens is 293 g/mol. The molecule has 0 saturated carbocycles. The third-order valence-electron chi connectivity index (χ3n) is 3.38. The topological polar surface area (TPSA) is 95.9 Å². The first-order chi connectivity index (χ1) is 10.0. The normalized spacial score (nSPS) is 22.6. The van der Waals surface area contributed by atoms with Gasteiger partial charge in [-0.25, -0.2) is 0 Å². The van der Waals surface area contributed by atoms with Crippen molar-refractivity contribution in [1.82, 2.24) is 5.32 Å². The number of hydrogen-bond donors (Lipinski definition) is 3. The monoisotopic (exact) mass is 311 g/mol. The molecule has 2 atom stereocenters. The van der Waals surface area contributed by atoms with Crippen molar-refractivity contribution in [3.05, 3.63) is 22.4 Å². The van der Waals surface area contributed by atoms with Crippen LogP contribution >= 0.6 is 11.3 Å². The van der Waals surface area contributed by atoms with Gasteiger partial charge < -0.3 is 20.1 Å². The minimum absolute atomic E-state index is 0.132. The molecule has 0 radical (unpaired) electrons. The summed E-state index contributed by atoms with van der Waals surface area (Å²) in [5.41, 5.74) is 0. The van der Waals surface area contributed by atoms with Gasteiger partial charge in [0.2, 0.25) is 5.91 Å². The molecule has 2 unspecified atom stereocenters. The zero-order valence-electron chi connectivity index (χ0n) is 11.5. The molecule has 3 N–H and O–H groups in total. The molecule has 1 aliphatic rings. The highest BCUT2D eigenvalue weighted by molar-refractivity contribution is 7.10. The molecule has 1 aliphatic heterocycles. The van der Waals surface area contributed by atoms with E-state index in [2.05, 4.69) is 5.32 Å². The van der Waals surface area contributed by atoms with Crippen LogP contribution in [0.3, 0.4) is 0 Å². The Morgan fingerprint density at radius 1 is 1.48 bits per heavy atom. The fourth-order valence-electron chi connectivity index (χ4n) is 2.39. The van der Waals surface area contributed by atoms with Crippen LogP contribution < -0.4 is 5.32 Å². The summed E-state index contributed by atoms with van der Waals surface area (Å²) in [5, 5.41) is 23.4. The molecule has 0 spiro atoms. The lowest BCUT2D eigenvalue weighted by Gasteiger charge is -2.20. The van der Waals surface area contributed by atoms with E-state index in [9.17, 15) is 14.6 Å². The number of carbonyl (C=O) groups is 2. The number of rotatable bonds is 5. The van der Waals surface area contributed by atoms with Gasteiger partial charge in [0.25, 0.3) is 0 Å². The van der Waals surface area contributed by atoms with Crippen molar-refractivity contribution in [1.29, 1.82) is 0 Å². The zero-order valence-corrected chi connectivity index (χ0v) is 12.3. The van der Waals surface area contributed by atoms with Crippen LogP contribution in [0, 0.1) is 0 Å². The predicted octanol–water partition coefficient (Wildman–Crippen LogP) is 0.839. The van der Waals surface area contributed by atoms with Crippen LogP contribution in [0.2, 0.25) is 0 Å². The molecule has 1 aromatic heterocycles. The summed E-state index contributed by atoms with van der Waals surface area (Å²) in [5.74, 6) is -1.61. The van der Waals surface area contributed by atoms with Gasteiger partial charge in [-0.1, -0.05) is 6.07 Å². The largest absolute Gasteiger partial charge is 0.481 e. The second kappa shape index (κ2) is 7.58. The second-order valence-electron chi connectivity index (χ2n) is 5.11. The van der Waals surface area contributed by atoms with Crippen molar-refractivity contribution in [3.8, 4) is 0 Å². The van der Waals surface area contributed by atoms with E-state index in [1.807, 2.05) is 17.5 Å². The fourth-order valence-corrected chi connectivity index (χ4v) is 3.09. The van der Waals surface area contributed by atoms with E-state index < -0.39 is 25.1 Å². The van der Waals surface area contributed by atoms with Gasteiger partial charge >= 0.3 is 13.1 Å². The van der Waals surface area contributed by atoms with Crippen LogP contribution in [0.5, 0.6) is 0 Å². The number of carbonyl (C=O) groups excluding carboxylic acids is 1. The van der Waals surface area contributed by atoms with Gasteiger partial charge in [-0.3, -0.25) is 9.59 Å². The van der Waals surface area contributed by atoms with Gasteiger partial charge in [0.05, 0.1) is 24.9 Å². The van der Waals surface area contributed by atoms with E-state index in [1.54, 1.807) is 0 Å². The van der Waals surface area contributed by atoms with Crippen molar-refractivity contribution in [2.75, 3.05) is 0 Å². The Balaban J connectivity index is 1.85. The standard InChI is InChI=1S/C13H18BNO5S/c16-12(8-10-4-2-6-21-10)15-11-5-1-3-9(7-13(17)18)20-14(11)19/h2,4,6,9,11,19H,1,3,5,7-8H2,(H,15,16)(H,17,18). The third kappa shape index (κ3) is 5.15. The molecule has 0 aliphatic carbocycles. The molecular formula is C13H18BNO5S. The van der Waals surface area contributed by atoms with Crippen LogP contribution in [0.4, 0.5) is 0 Å². The highest BCUT2D eigenvalue weighted by atomic mass is 32.1. The Labute approximate surface area is 127 Å². The molecule has 1 aromatic rings. The molecule has 2 rings (SSSR count). The molecule has 8 heteroatoms. The van der Waals surface area contributed by atoms with Crippen LogP contribution in [0.25, 0.3) is 0 Å². The van der Waals surface area contributed by atoms with Crippen molar-refractivity contribution < 1.29 is 24.4 Å². The van der Waals surface area contributed by atoms with E-state index in [-0.39, 0.29) is 18.7 Å². The predicted molar refractivity (Wildman–Crippen MR) is 78.9 cm³/mol. The quantitative estimate of drug-likeness (QED) is 0.700. The van der Waals surface area contributed by atoms with Crippen molar-refractivity contribution >= 4 is 30.3 Å². The number of nitrogens with one attached hydrogen (secondary N) is 1. The Morgan fingerprint density at radius 2 is 2.29 bits per heavy atom. The van der Waals surface area contributed by atoms with E-state index in [0.29, 0.717) is 19.3 Å². The molecule has 6 nitrogen and oxygen atoms in total. The molecule has 1 fully saturated rings. The SMILES string of the molecule is O=C(O)CC1CCCC(NC(=O)Cc2cccs2)B(O)O1. The fraction of sp³-hybridized carbons (Fsp3) is 0.538. The number of carboxylic acid groups (broad SMARTS) is 1. The number of carboxylic acids is 1. The first kappa shape index (κ1) is 16.0. The van der Waals surface area contributed by atoms with E-state index in [0.717, 1.165) is 4.88 Å². The summed E-state index contributed by atoms with van der Waals surface area (Å²) in [4.78, 5) is 23.6. The summed E-state index contributed by atoms with van der Waals surface area (Å²) in [7, 11) is -1.16. The number of thiophene rings is 1. The van der Waals surface area contributed by atoms with Crippen molar-refractivity contribution in [3.63, 3.8) is 0 Å². The molecule has 114 valence electrons. The molecule has 1 amide bonds. The lowest BCUT2D eigenvalue weighted by Crippen LogP contribution is -2.48. The molecule has 21 heavy (non-hydrogen) atoms. The van der Waals surface area contributed by atoms with Gasteiger partial charge in [-0.05, 0) is 30.7 Å². The van der Waals surface area contributed by atoms with Crippen molar-refractivity contribution in [2.45, 2.75) is 44.1 Å². The molecule has 1 saturated heterocycles. The van der Waals surface area contributed by atoms with Crippen LogP contribution in [-0.4, -0.2) is 41.2 Å². The maximum Gasteiger partial charge on any atom is 0.478 e. The maximum atomic E-state index is 11.9. The average molecular weight is 311 g/mol. The number of hydrogen-bond acceptors (Lipinski definition) is 5. The zero-order chi connectivity index (χ0) is 15.2.